The van der Waals surface area contributed by atoms with Crippen molar-refractivity contribution in [1.29, 1.82) is 0 Å². The molecule has 98 valence electrons. The maximum atomic E-state index is 3.72. The van der Waals surface area contributed by atoms with Crippen LogP contribution < -0.4 is 5.32 Å². The van der Waals surface area contributed by atoms with Gasteiger partial charge in [0, 0.05) is 13.1 Å². The first-order chi connectivity index (χ1) is 8.42. The summed E-state index contributed by atoms with van der Waals surface area (Å²) in [6.07, 6.45) is 10.5. The van der Waals surface area contributed by atoms with Gasteiger partial charge in [0.05, 0.1) is 0 Å². The smallest absolute Gasteiger partial charge is 0.0107 e. The molecule has 3 rings (SSSR count). The Hall–Kier alpha value is -0.0800. The van der Waals surface area contributed by atoms with Crippen molar-refractivity contribution in [3.05, 3.63) is 0 Å². The monoisotopic (exact) mass is 236 g/mol. The molecular formula is C15H28N2. The molecule has 3 atom stereocenters. The minimum atomic E-state index is 1.02. The van der Waals surface area contributed by atoms with Gasteiger partial charge in [-0.2, -0.15) is 0 Å². The predicted octanol–water partition coefficient (Wildman–Crippen LogP) is 2.50. The third kappa shape index (κ3) is 3.03. The second kappa shape index (κ2) is 5.71. The molecule has 3 fully saturated rings. The number of nitrogens with one attached hydrogen (secondary N) is 1. The van der Waals surface area contributed by atoms with Crippen LogP contribution in [0.4, 0.5) is 0 Å². The quantitative estimate of drug-likeness (QED) is 0.738. The highest BCUT2D eigenvalue weighted by atomic mass is 15.1. The molecule has 3 unspecified atom stereocenters. The average Bonchev–Trinajstić information content (AvgIpc) is 2.98. The summed E-state index contributed by atoms with van der Waals surface area (Å²) in [7, 11) is 0. The van der Waals surface area contributed by atoms with E-state index in [2.05, 4.69) is 10.2 Å². The van der Waals surface area contributed by atoms with Crippen molar-refractivity contribution in [3.63, 3.8) is 0 Å². The summed E-state index contributed by atoms with van der Waals surface area (Å²) in [6.45, 7) is 6.48. The molecule has 0 aromatic rings. The molecule has 0 aromatic carbocycles. The van der Waals surface area contributed by atoms with Gasteiger partial charge in [0.1, 0.15) is 0 Å². The second-order valence-electron chi connectivity index (χ2n) is 6.54. The first-order valence-corrected chi connectivity index (χ1v) is 7.85. The first-order valence-electron chi connectivity index (χ1n) is 7.85. The fourth-order valence-electron chi connectivity index (χ4n) is 4.33. The fraction of sp³-hybridized carbons (Fsp3) is 1.00. The zero-order valence-electron chi connectivity index (χ0n) is 11.2. The Bertz CT molecular complexity index is 235. The molecule has 17 heavy (non-hydrogen) atoms. The predicted molar refractivity (Wildman–Crippen MR) is 72.1 cm³/mol. The van der Waals surface area contributed by atoms with E-state index >= 15 is 0 Å². The molecule has 1 saturated heterocycles. The topological polar surface area (TPSA) is 15.3 Å². The van der Waals surface area contributed by atoms with Crippen LogP contribution in [0.5, 0.6) is 0 Å². The largest absolute Gasteiger partial charge is 0.315 e. The molecule has 3 aliphatic rings. The van der Waals surface area contributed by atoms with E-state index in [1.807, 2.05) is 0 Å². The van der Waals surface area contributed by atoms with Gasteiger partial charge in [-0.3, -0.25) is 0 Å². The van der Waals surface area contributed by atoms with Gasteiger partial charge in [-0.25, -0.2) is 0 Å². The summed E-state index contributed by atoms with van der Waals surface area (Å²) in [6, 6.07) is 0. The molecule has 0 amide bonds. The third-order valence-corrected chi connectivity index (χ3v) is 5.34. The van der Waals surface area contributed by atoms with Gasteiger partial charge < -0.3 is 10.2 Å². The fourth-order valence-corrected chi connectivity index (χ4v) is 4.33. The van der Waals surface area contributed by atoms with Crippen LogP contribution in [0, 0.1) is 17.8 Å². The Morgan fingerprint density at radius 1 is 1.00 bits per heavy atom. The van der Waals surface area contributed by atoms with E-state index in [4.69, 9.17) is 0 Å². The van der Waals surface area contributed by atoms with Crippen LogP contribution in [0.25, 0.3) is 0 Å². The zero-order chi connectivity index (χ0) is 11.5. The Kier molecular flexibility index (Phi) is 4.02. The summed E-state index contributed by atoms with van der Waals surface area (Å²) in [5, 5.41) is 3.72. The Morgan fingerprint density at radius 2 is 1.88 bits per heavy atom. The standard InChI is InChI=1S/C15H28N2/c1-2-7-17(8-3-1)9-6-16-12-15-11-13-4-5-14(15)10-13/h13-16H,1-12H2. The van der Waals surface area contributed by atoms with Crippen LogP contribution in [0.15, 0.2) is 0 Å². The molecule has 2 aliphatic carbocycles. The van der Waals surface area contributed by atoms with Crippen LogP contribution in [0.1, 0.15) is 44.9 Å². The lowest BCUT2D eigenvalue weighted by molar-refractivity contribution is 0.225. The van der Waals surface area contributed by atoms with Crippen LogP contribution in [0.2, 0.25) is 0 Å². The van der Waals surface area contributed by atoms with Crippen molar-refractivity contribution in [1.82, 2.24) is 10.2 Å². The van der Waals surface area contributed by atoms with Gasteiger partial charge in [-0.15, -0.1) is 0 Å². The van der Waals surface area contributed by atoms with E-state index in [0.717, 1.165) is 17.8 Å². The third-order valence-electron chi connectivity index (χ3n) is 5.34. The summed E-state index contributed by atoms with van der Waals surface area (Å²) in [5.41, 5.74) is 0. The molecule has 1 aliphatic heterocycles. The lowest BCUT2D eigenvalue weighted by Gasteiger charge is -2.27. The van der Waals surface area contributed by atoms with Crippen molar-refractivity contribution in [2.24, 2.45) is 17.8 Å². The van der Waals surface area contributed by atoms with Gasteiger partial charge in [0.2, 0.25) is 0 Å². The van der Waals surface area contributed by atoms with E-state index < -0.39 is 0 Å². The van der Waals surface area contributed by atoms with E-state index in [1.54, 1.807) is 6.42 Å². The Balaban J connectivity index is 1.28. The van der Waals surface area contributed by atoms with E-state index in [0.29, 0.717) is 0 Å². The lowest BCUT2D eigenvalue weighted by Crippen LogP contribution is -2.37. The lowest BCUT2D eigenvalue weighted by atomic mass is 9.89. The number of piperidine rings is 1. The summed E-state index contributed by atoms with van der Waals surface area (Å²) < 4.78 is 0. The van der Waals surface area contributed by atoms with E-state index in [-0.39, 0.29) is 0 Å². The summed E-state index contributed by atoms with van der Waals surface area (Å²) in [5.74, 6) is 3.21. The zero-order valence-corrected chi connectivity index (χ0v) is 11.2. The Morgan fingerprint density at radius 3 is 2.59 bits per heavy atom. The SMILES string of the molecule is C1CCN(CCNCC2CC3CCC2C3)CC1. The number of likely N-dealkylation sites (tertiary alicyclic amines) is 1. The number of rotatable bonds is 5. The van der Waals surface area contributed by atoms with Crippen LogP contribution in [0.3, 0.4) is 0 Å². The van der Waals surface area contributed by atoms with Gasteiger partial charge in [0.15, 0.2) is 0 Å². The van der Waals surface area contributed by atoms with Crippen LogP contribution in [-0.2, 0) is 0 Å². The maximum absolute atomic E-state index is 3.72. The van der Waals surface area contributed by atoms with Gasteiger partial charge in [-0.1, -0.05) is 12.8 Å². The van der Waals surface area contributed by atoms with Crippen molar-refractivity contribution < 1.29 is 0 Å². The highest BCUT2D eigenvalue weighted by Crippen LogP contribution is 2.47. The minimum absolute atomic E-state index is 1.02. The van der Waals surface area contributed by atoms with E-state index in [1.165, 1.54) is 71.2 Å². The molecule has 2 heteroatoms. The molecule has 1 N–H and O–H groups in total. The van der Waals surface area contributed by atoms with Gasteiger partial charge >= 0.3 is 0 Å². The molecule has 1 heterocycles. The number of nitrogens with zero attached hydrogens (tertiary/aromatic N) is 1. The van der Waals surface area contributed by atoms with Crippen LogP contribution in [-0.4, -0.2) is 37.6 Å². The molecule has 2 nitrogen and oxygen atoms in total. The maximum Gasteiger partial charge on any atom is 0.0107 e. The molecular weight excluding hydrogens is 208 g/mol. The molecule has 0 radical (unpaired) electrons. The molecule has 0 aromatic heterocycles. The molecule has 0 spiro atoms. The average molecular weight is 236 g/mol. The van der Waals surface area contributed by atoms with Crippen molar-refractivity contribution in [3.8, 4) is 0 Å². The van der Waals surface area contributed by atoms with Crippen molar-refractivity contribution in [2.45, 2.75) is 44.9 Å². The highest BCUT2D eigenvalue weighted by molar-refractivity contribution is 4.90. The number of fused-ring (bicyclic) bond motifs is 2. The normalized spacial score (nSPS) is 37.8. The Labute approximate surface area is 106 Å². The van der Waals surface area contributed by atoms with Gasteiger partial charge in [0.25, 0.3) is 0 Å². The molecule has 2 saturated carbocycles. The first kappa shape index (κ1) is 12.0. The highest BCUT2D eigenvalue weighted by Gasteiger charge is 2.38. The summed E-state index contributed by atoms with van der Waals surface area (Å²) >= 11 is 0. The molecule has 2 bridgehead atoms. The minimum Gasteiger partial charge on any atom is -0.315 e. The summed E-state index contributed by atoms with van der Waals surface area (Å²) in [4.78, 5) is 2.64. The number of hydrogen-bond acceptors (Lipinski definition) is 2. The number of hydrogen-bond donors (Lipinski definition) is 1. The van der Waals surface area contributed by atoms with E-state index in [9.17, 15) is 0 Å². The van der Waals surface area contributed by atoms with Gasteiger partial charge in [-0.05, 0) is 69.5 Å². The van der Waals surface area contributed by atoms with Crippen molar-refractivity contribution >= 4 is 0 Å². The van der Waals surface area contributed by atoms with Crippen molar-refractivity contribution in [2.75, 3.05) is 32.7 Å². The van der Waals surface area contributed by atoms with Crippen LogP contribution >= 0.6 is 0 Å². The second-order valence-corrected chi connectivity index (χ2v) is 6.54.